The molecule has 5 nitrogen and oxygen atoms in total. The third kappa shape index (κ3) is 5.52. The number of rotatable bonds is 7. The molecule has 2 amide bonds. The van der Waals surface area contributed by atoms with E-state index in [1.54, 1.807) is 6.92 Å². The molecule has 1 rings (SSSR count). The van der Waals surface area contributed by atoms with Gasteiger partial charge in [-0.05, 0) is 19.4 Å². The van der Waals surface area contributed by atoms with Crippen molar-refractivity contribution in [2.24, 2.45) is 5.73 Å². The first-order valence-corrected chi connectivity index (χ1v) is 6.25. The predicted molar refractivity (Wildman–Crippen MR) is 72.5 cm³/mol. The molecule has 5 heteroatoms. The molecule has 0 aliphatic rings. The summed E-state index contributed by atoms with van der Waals surface area (Å²) in [6.45, 7) is 4.17. The average molecular weight is 264 g/mol. The number of nitrogens with one attached hydrogen (secondary N) is 1. The fourth-order valence-electron chi connectivity index (χ4n) is 1.61. The zero-order valence-corrected chi connectivity index (χ0v) is 11.3. The Labute approximate surface area is 113 Å². The van der Waals surface area contributed by atoms with Crippen LogP contribution in [0.4, 0.5) is 0 Å². The first kappa shape index (κ1) is 15.2. The number of nitrogens with two attached hydrogens (primary N) is 1. The molecule has 3 N–H and O–H groups in total. The summed E-state index contributed by atoms with van der Waals surface area (Å²) < 4.78 is 4.98. The summed E-state index contributed by atoms with van der Waals surface area (Å²) in [5, 5.41) is 2.58. The predicted octanol–water partition coefficient (Wildman–Crippen LogP) is 0.544. The lowest BCUT2D eigenvalue weighted by Crippen LogP contribution is -2.47. The van der Waals surface area contributed by atoms with E-state index in [4.69, 9.17) is 10.5 Å². The molecule has 1 aromatic carbocycles. The minimum absolute atomic E-state index is 0.0613. The van der Waals surface area contributed by atoms with Gasteiger partial charge in [0.25, 0.3) is 0 Å². The Bertz CT molecular complexity index is 429. The highest BCUT2D eigenvalue weighted by atomic mass is 16.5. The Morgan fingerprint density at radius 3 is 2.47 bits per heavy atom. The summed E-state index contributed by atoms with van der Waals surface area (Å²) in [7, 11) is 0. The molecule has 0 spiro atoms. The molecule has 1 atom stereocenters. The van der Waals surface area contributed by atoms with Gasteiger partial charge in [0.05, 0.1) is 0 Å². The van der Waals surface area contributed by atoms with E-state index in [2.05, 4.69) is 5.32 Å². The van der Waals surface area contributed by atoms with Gasteiger partial charge >= 0.3 is 0 Å². The number of benzene rings is 1. The number of carbonyl (C=O) groups is 2. The summed E-state index contributed by atoms with van der Waals surface area (Å²) in [5.41, 5.74) is 7.39. The van der Waals surface area contributed by atoms with E-state index in [0.29, 0.717) is 13.0 Å². The smallest absolute Gasteiger partial charge is 0.246 e. The van der Waals surface area contributed by atoms with Crippen LogP contribution in [0.25, 0.3) is 0 Å². The van der Waals surface area contributed by atoms with E-state index in [9.17, 15) is 9.59 Å². The van der Waals surface area contributed by atoms with E-state index in [1.165, 1.54) is 0 Å². The minimum atomic E-state index is -0.712. The number of hydrogen-bond acceptors (Lipinski definition) is 3. The number of carbonyl (C=O) groups excluding carboxylic acids is 2. The molecule has 0 aliphatic carbocycles. The van der Waals surface area contributed by atoms with Crippen molar-refractivity contribution < 1.29 is 14.3 Å². The van der Waals surface area contributed by atoms with Crippen LogP contribution in [0.2, 0.25) is 0 Å². The zero-order chi connectivity index (χ0) is 14.3. The van der Waals surface area contributed by atoms with Gasteiger partial charge in [0, 0.05) is 13.0 Å². The summed E-state index contributed by atoms with van der Waals surface area (Å²) >= 11 is 0. The molecule has 0 saturated carbocycles. The van der Waals surface area contributed by atoms with Gasteiger partial charge in [-0.2, -0.15) is 0 Å². The van der Waals surface area contributed by atoms with E-state index < -0.39 is 11.9 Å². The molecule has 0 fully saturated rings. The number of aryl methyl sites for hydroxylation is 1. The van der Waals surface area contributed by atoms with Crippen LogP contribution >= 0.6 is 0 Å². The highest BCUT2D eigenvalue weighted by molar-refractivity contribution is 5.87. The van der Waals surface area contributed by atoms with Gasteiger partial charge in [-0.1, -0.05) is 29.8 Å². The topological polar surface area (TPSA) is 81.4 Å². The molecule has 19 heavy (non-hydrogen) atoms. The summed E-state index contributed by atoms with van der Waals surface area (Å²) in [5.74, 6) is -0.886. The summed E-state index contributed by atoms with van der Waals surface area (Å²) in [6.07, 6.45) is 0.382. The average Bonchev–Trinajstić information content (AvgIpc) is 2.38. The van der Waals surface area contributed by atoms with Crippen molar-refractivity contribution in [2.75, 3.05) is 13.2 Å². The van der Waals surface area contributed by atoms with Crippen LogP contribution in [0.5, 0.6) is 0 Å². The van der Waals surface area contributed by atoms with Gasteiger partial charge in [-0.15, -0.1) is 0 Å². The molecule has 0 bridgehead atoms. The van der Waals surface area contributed by atoms with Crippen LogP contribution in [0.1, 0.15) is 18.1 Å². The van der Waals surface area contributed by atoms with Crippen molar-refractivity contribution in [3.05, 3.63) is 35.4 Å². The fourth-order valence-corrected chi connectivity index (χ4v) is 1.61. The Kier molecular flexibility index (Phi) is 6.02. The first-order valence-electron chi connectivity index (χ1n) is 6.25. The Hall–Kier alpha value is -1.88. The van der Waals surface area contributed by atoms with Crippen LogP contribution in [-0.4, -0.2) is 31.1 Å². The monoisotopic (exact) mass is 264 g/mol. The number of hydrogen-bond donors (Lipinski definition) is 2. The third-order valence-electron chi connectivity index (χ3n) is 2.68. The molecule has 0 aliphatic heterocycles. The largest absolute Gasteiger partial charge is 0.372 e. The van der Waals surface area contributed by atoms with Gasteiger partial charge < -0.3 is 15.8 Å². The lowest BCUT2D eigenvalue weighted by atomic mass is 10.0. The van der Waals surface area contributed by atoms with E-state index in [-0.39, 0.29) is 12.5 Å². The number of amides is 2. The molecule has 1 aromatic rings. The highest BCUT2D eigenvalue weighted by Gasteiger charge is 2.18. The standard InChI is InChI=1S/C14H20N2O3/c1-3-19-9-13(17)16-12(14(15)18)8-11-6-4-10(2)5-7-11/h4-7,12H,3,8-9H2,1-2H3,(H2,15,18)(H,16,17)/t12-/m1/s1. The van der Waals surface area contributed by atoms with Gasteiger partial charge in [0.1, 0.15) is 12.6 Å². The van der Waals surface area contributed by atoms with Crippen LogP contribution in [0, 0.1) is 6.92 Å². The van der Waals surface area contributed by atoms with Gasteiger partial charge in [-0.25, -0.2) is 0 Å². The number of primary amides is 1. The summed E-state index contributed by atoms with van der Waals surface area (Å²) in [6, 6.07) is 7.03. The highest BCUT2D eigenvalue weighted by Crippen LogP contribution is 2.06. The summed E-state index contributed by atoms with van der Waals surface area (Å²) in [4.78, 5) is 22.9. The molecular weight excluding hydrogens is 244 g/mol. The lowest BCUT2D eigenvalue weighted by molar-refractivity contribution is -0.130. The Morgan fingerprint density at radius 1 is 1.32 bits per heavy atom. The maximum Gasteiger partial charge on any atom is 0.246 e. The lowest BCUT2D eigenvalue weighted by Gasteiger charge is -2.15. The normalized spacial score (nSPS) is 11.9. The maximum absolute atomic E-state index is 11.5. The third-order valence-corrected chi connectivity index (χ3v) is 2.68. The number of ether oxygens (including phenoxy) is 1. The minimum Gasteiger partial charge on any atom is -0.372 e. The van der Waals surface area contributed by atoms with Crippen LogP contribution in [-0.2, 0) is 20.7 Å². The zero-order valence-electron chi connectivity index (χ0n) is 11.3. The van der Waals surface area contributed by atoms with Gasteiger partial charge in [0.15, 0.2) is 0 Å². The van der Waals surface area contributed by atoms with Crippen molar-refractivity contribution in [3.8, 4) is 0 Å². The molecular formula is C14H20N2O3. The van der Waals surface area contributed by atoms with Crippen molar-refractivity contribution in [1.29, 1.82) is 0 Å². The molecule has 0 unspecified atom stereocenters. The quantitative estimate of drug-likeness (QED) is 0.754. The van der Waals surface area contributed by atoms with Crippen molar-refractivity contribution >= 4 is 11.8 Å². The van der Waals surface area contributed by atoms with Crippen molar-refractivity contribution in [1.82, 2.24) is 5.32 Å². The van der Waals surface area contributed by atoms with Crippen molar-refractivity contribution in [2.45, 2.75) is 26.3 Å². The SMILES string of the molecule is CCOCC(=O)N[C@H](Cc1ccc(C)cc1)C(N)=O. The molecule has 104 valence electrons. The molecule has 0 radical (unpaired) electrons. The van der Waals surface area contributed by atoms with Crippen molar-refractivity contribution in [3.63, 3.8) is 0 Å². The van der Waals surface area contributed by atoms with E-state index >= 15 is 0 Å². The van der Waals surface area contributed by atoms with Crippen LogP contribution in [0.3, 0.4) is 0 Å². The van der Waals surface area contributed by atoms with E-state index in [0.717, 1.165) is 11.1 Å². The van der Waals surface area contributed by atoms with Crippen LogP contribution in [0.15, 0.2) is 24.3 Å². The fraction of sp³-hybridized carbons (Fsp3) is 0.429. The first-order chi connectivity index (χ1) is 9.02. The molecule has 0 heterocycles. The maximum atomic E-state index is 11.5. The molecule has 0 saturated heterocycles. The second-order valence-electron chi connectivity index (χ2n) is 4.35. The van der Waals surface area contributed by atoms with Crippen LogP contribution < -0.4 is 11.1 Å². The Morgan fingerprint density at radius 2 is 1.95 bits per heavy atom. The van der Waals surface area contributed by atoms with Gasteiger partial charge in [-0.3, -0.25) is 9.59 Å². The van der Waals surface area contributed by atoms with E-state index in [1.807, 2.05) is 31.2 Å². The second-order valence-corrected chi connectivity index (χ2v) is 4.35. The van der Waals surface area contributed by atoms with Gasteiger partial charge in [0.2, 0.25) is 11.8 Å². The second kappa shape index (κ2) is 7.53. The molecule has 0 aromatic heterocycles. The Balaban J connectivity index is 2.60.